The zero-order valence-corrected chi connectivity index (χ0v) is 15.5. The van der Waals surface area contributed by atoms with Crippen LogP contribution in [0.1, 0.15) is 27.6 Å². The van der Waals surface area contributed by atoms with Crippen LogP contribution in [0.15, 0.2) is 53.0 Å². The number of carbonyl (C=O) groups excluding carboxylic acids is 3. The molecule has 25 heavy (non-hydrogen) atoms. The van der Waals surface area contributed by atoms with Gasteiger partial charge in [0.2, 0.25) is 0 Å². The highest BCUT2D eigenvalue weighted by molar-refractivity contribution is 9.10. The number of hydrogen-bond donors (Lipinski definition) is 3. The standard InChI is InChI=1S/C17H15BrClN3O3/c1-10(20-16(24)11-6-8-12(19)9-7-11)15(23)21-22-17(25)13-4-2-3-5-14(13)18/h2-10H,1H3,(H,20,24)(H,21,23)(H,22,25)/t10-/m0/s1. The van der Waals surface area contributed by atoms with Crippen molar-refractivity contribution in [1.29, 1.82) is 0 Å². The lowest BCUT2D eigenvalue weighted by Gasteiger charge is -2.15. The molecule has 0 heterocycles. The van der Waals surface area contributed by atoms with Gasteiger partial charge in [0.25, 0.3) is 17.7 Å². The van der Waals surface area contributed by atoms with Gasteiger partial charge in [0.05, 0.1) is 5.56 Å². The van der Waals surface area contributed by atoms with E-state index in [4.69, 9.17) is 11.6 Å². The van der Waals surface area contributed by atoms with Crippen LogP contribution in [0.4, 0.5) is 0 Å². The highest BCUT2D eigenvalue weighted by atomic mass is 79.9. The predicted octanol–water partition coefficient (Wildman–Crippen LogP) is 2.68. The Hall–Kier alpha value is -2.38. The Morgan fingerprint density at radius 3 is 2.24 bits per heavy atom. The molecular weight excluding hydrogens is 410 g/mol. The smallest absolute Gasteiger partial charge is 0.270 e. The van der Waals surface area contributed by atoms with Crippen LogP contribution in [0.3, 0.4) is 0 Å². The molecule has 130 valence electrons. The Morgan fingerprint density at radius 1 is 0.960 bits per heavy atom. The summed E-state index contributed by atoms with van der Waals surface area (Å²) < 4.78 is 0.603. The summed E-state index contributed by atoms with van der Waals surface area (Å²) in [6.07, 6.45) is 0. The van der Waals surface area contributed by atoms with Crippen molar-refractivity contribution >= 4 is 45.3 Å². The van der Waals surface area contributed by atoms with Crippen molar-refractivity contribution in [2.45, 2.75) is 13.0 Å². The van der Waals surface area contributed by atoms with Crippen LogP contribution in [0.2, 0.25) is 5.02 Å². The topological polar surface area (TPSA) is 87.3 Å². The van der Waals surface area contributed by atoms with Gasteiger partial charge in [0, 0.05) is 15.1 Å². The van der Waals surface area contributed by atoms with Crippen LogP contribution in [-0.2, 0) is 4.79 Å². The SMILES string of the molecule is C[C@H](NC(=O)c1ccc(Cl)cc1)C(=O)NNC(=O)c1ccccc1Br. The largest absolute Gasteiger partial charge is 0.340 e. The summed E-state index contributed by atoms with van der Waals surface area (Å²) in [5.41, 5.74) is 5.33. The molecule has 2 rings (SSSR count). The van der Waals surface area contributed by atoms with Gasteiger partial charge in [-0.05, 0) is 59.3 Å². The van der Waals surface area contributed by atoms with Crippen LogP contribution >= 0.6 is 27.5 Å². The summed E-state index contributed by atoms with van der Waals surface area (Å²) in [6, 6.07) is 12.2. The Balaban J connectivity index is 1.88. The lowest BCUT2D eigenvalue weighted by molar-refractivity contribution is -0.123. The van der Waals surface area contributed by atoms with Gasteiger partial charge in [-0.25, -0.2) is 0 Å². The molecule has 0 fully saturated rings. The summed E-state index contributed by atoms with van der Waals surface area (Å²) in [7, 11) is 0. The third kappa shape index (κ3) is 5.30. The van der Waals surface area contributed by atoms with E-state index in [1.165, 1.54) is 6.92 Å². The van der Waals surface area contributed by atoms with Crippen LogP contribution in [0.5, 0.6) is 0 Å². The zero-order chi connectivity index (χ0) is 18.4. The molecule has 2 aromatic rings. The highest BCUT2D eigenvalue weighted by Crippen LogP contribution is 2.15. The van der Waals surface area contributed by atoms with E-state index in [1.807, 2.05) is 0 Å². The number of hydrazine groups is 1. The molecule has 6 nitrogen and oxygen atoms in total. The molecule has 0 aromatic heterocycles. The van der Waals surface area contributed by atoms with Crippen molar-refractivity contribution in [1.82, 2.24) is 16.2 Å². The molecule has 0 aliphatic carbocycles. The fourth-order valence-corrected chi connectivity index (χ4v) is 2.48. The first-order valence-electron chi connectivity index (χ1n) is 7.29. The van der Waals surface area contributed by atoms with Gasteiger partial charge in [0.1, 0.15) is 6.04 Å². The maximum Gasteiger partial charge on any atom is 0.270 e. The van der Waals surface area contributed by atoms with Crippen molar-refractivity contribution in [3.63, 3.8) is 0 Å². The summed E-state index contributed by atoms with van der Waals surface area (Å²) in [6.45, 7) is 1.51. The molecule has 3 N–H and O–H groups in total. The van der Waals surface area contributed by atoms with Crippen molar-refractivity contribution in [2.24, 2.45) is 0 Å². The van der Waals surface area contributed by atoms with E-state index in [0.717, 1.165) is 0 Å². The first-order chi connectivity index (χ1) is 11.9. The molecule has 0 radical (unpaired) electrons. The number of nitrogens with one attached hydrogen (secondary N) is 3. The van der Waals surface area contributed by atoms with E-state index in [2.05, 4.69) is 32.1 Å². The van der Waals surface area contributed by atoms with Gasteiger partial charge in [-0.15, -0.1) is 0 Å². The molecule has 0 aliphatic heterocycles. The quantitative estimate of drug-likeness (QED) is 0.660. The number of benzene rings is 2. The molecule has 1 atom stereocenters. The van der Waals surface area contributed by atoms with E-state index in [0.29, 0.717) is 20.6 Å². The predicted molar refractivity (Wildman–Crippen MR) is 98.1 cm³/mol. The van der Waals surface area contributed by atoms with Crippen LogP contribution in [0.25, 0.3) is 0 Å². The molecule has 8 heteroatoms. The fourth-order valence-electron chi connectivity index (χ4n) is 1.89. The maximum absolute atomic E-state index is 12.0. The Kier molecular flexibility index (Phi) is 6.55. The van der Waals surface area contributed by atoms with Crippen LogP contribution in [0, 0.1) is 0 Å². The summed E-state index contributed by atoms with van der Waals surface area (Å²) in [5.74, 6) is -1.45. The molecule has 0 bridgehead atoms. The normalized spacial score (nSPS) is 11.3. The number of carbonyl (C=O) groups is 3. The maximum atomic E-state index is 12.0. The Morgan fingerprint density at radius 2 is 1.60 bits per heavy atom. The van der Waals surface area contributed by atoms with E-state index in [-0.39, 0.29) is 0 Å². The van der Waals surface area contributed by atoms with Gasteiger partial charge < -0.3 is 5.32 Å². The van der Waals surface area contributed by atoms with Crippen LogP contribution in [-0.4, -0.2) is 23.8 Å². The first kappa shape index (κ1) is 19.0. The monoisotopic (exact) mass is 423 g/mol. The molecule has 0 saturated carbocycles. The van der Waals surface area contributed by atoms with Crippen molar-refractivity contribution in [2.75, 3.05) is 0 Å². The van der Waals surface area contributed by atoms with Gasteiger partial charge >= 0.3 is 0 Å². The number of hydrogen-bond acceptors (Lipinski definition) is 3. The van der Waals surface area contributed by atoms with E-state index >= 15 is 0 Å². The molecule has 0 unspecified atom stereocenters. The van der Waals surface area contributed by atoms with E-state index in [1.54, 1.807) is 48.5 Å². The third-order valence-corrected chi connectivity index (χ3v) is 4.21. The third-order valence-electron chi connectivity index (χ3n) is 3.27. The Bertz CT molecular complexity index is 796. The molecule has 0 aliphatic rings. The van der Waals surface area contributed by atoms with Crippen molar-refractivity contribution in [3.8, 4) is 0 Å². The second kappa shape index (κ2) is 8.64. The van der Waals surface area contributed by atoms with Crippen molar-refractivity contribution < 1.29 is 14.4 Å². The van der Waals surface area contributed by atoms with Gasteiger partial charge in [-0.3, -0.25) is 25.2 Å². The second-order valence-corrected chi connectivity index (χ2v) is 6.42. The van der Waals surface area contributed by atoms with Gasteiger partial charge in [-0.2, -0.15) is 0 Å². The lowest BCUT2D eigenvalue weighted by atomic mass is 10.2. The average Bonchev–Trinajstić information content (AvgIpc) is 2.60. The van der Waals surface area contributed by atoms with Gasteiger partial charge in [0.15, 0.2) is 0 Å². The zero-order valence-electron chi connectivity index (χ0n) is 13.2. The molecular formula is C17H15BrClN3O3. The average molecular weight is 425 g/mol. The summed E-state index contributed by atoms with van der Waals surface area (Å²) in [5, 5.41) is 3.05. The number of amides is 3. The molecule has 3 amide bonds. The fraction of sp³-hybridized carbons (Fsp3) is 0.118. The first-order valence-corrected chi connectivity index (χ1v) is 8.46. The molecule has 0 spiro atoms. The van der Waals surface area contributed by atoms with E-state index < -0.39 is 23.8 Å². The highest BCUT2D eigenvalue weighted by Gasteiger charge is 2.18. The minimum Gasteiger partial charge on any atom is -0.340 e. The minimum atomic E-state index is -0.845. The molecule has 0 saturated heterocycles. The Labute approximate surface area is 158 Å². The summed E-state index contributed by atoms with van der Waals surface area (Å²) in [4.78, 5) is 36.1. The van der Waals surface area contributed by atoms with Crippen molar-refractivity contribution in [3.05, 3.63) is 69.2 Å². The second-order valence-electron chi connectivity index (χ2n) is 5.13. The lowest BCUT2D eigenvalue weighted by Crippen LogP contribution is -2.51. The van der Waals surface area contributed by atoms with Crippen LogP contribution < -0.4 is 16.2 Å². The minimum absolute atomic E-state index is 0.376. The van der Waals surface area contributed by atoms with E-state index in [9.17, 15) is 14.4 Å². The van der Waals surface area contributed by atoms with Gasteiger partial charge in [-0.1, -0.05) is 23.7 Å². The number of rotatable bonds is 4. The molecule has 2 aromatic carbocycles. The number of halogens is 2. The summed E-state index contributed by atoms with van der Waals surface area (Å²) >= 11 is 9.02.